The lowest BCUT2D eigenvalue weighted by Crippen LogP contribution is -1.95. The maximum absolute atomic E-state index is 4.53. The normalized spacial score (nSPS) is 11.7. The Morgan fingerprint density at radius 2 is 1.32 bits per heavy atom. The number of rotatable bonds is 3. The van der Waals surface area contributed by atoms with Gasteiger partial charge in [0, 0.05) is 45.5 Å². The minimum atomic E-state index is 0.981. The van der Waals surface area contributed by atoms with Gasteiger partial charge >= 0.3 is 0 Å². The summed E-state index contributed by atoms with van der Waals surface area (Å²) in [5, 5.41) is 6.33. The molecular formula is C35H23N3. The Morgan fingerprint density at radius 1 is 0.500 bits per heavy atom. The zero-order chi connectivity index (χ0) is 25.1. The number of pyridine rings is 1. The highest BCUT2D eigenvalue weighted by atomic mass is 15.0. The van der Waals surface area contributed by atoms with E-state index < -0.39 is 0 Å². The van der Waals surface area contributed by atoms with E-state index in [4.69, 9.17) is 0 Å². The second-order valence-corrected chi connectivity index (χ2v) is 9.73. The molecule has 3 aromatic heterocycles. The molecule has 3 nitrogen and oxygen atoms in total. The van der Waals surface area contributed by atoms with Gasteiger partial charge in [-0.05, 0) is 71.4 Å². The van der Waals surface area contributed by atoms with Gasteiger partial charge in [-0.3, -0.25) is 4.98 Å². The number of fused-ring (bicyclic) bond motifs is 6. The lowest BCUT2D eigenvalue weighted by molar-refractivity contribution is 1.12. The van der Waals surface area contributed by atoms with E-state index in [1.165, 1.54) is 43.5 Å². The van der Waals surface area contributed by atoms with Gasteiger partial charge in [-0.25, -0.2) is 0 Å². The molecule has 0 bridgehead atoms. The first-order valence-electron chi connectivity index (χ1n) is 12.9. The number of benzene rings is 5. The fourth-order valence-electron chi connectivity index (χ4n) is 5.82. The minimum absolute atomic E-state index is 0.981. The van der Waals surface area contributed by atoms with Crippen molar-refractivity contribution < 1.29 is 0 Å². The molecule has 0 saturated carbocycles. The molecule has 0 amide bonds. The predicted octanol–water partition coefficient (Wildman–Crippen LogP) is 8.94. The van der Waals surface area contributed by atoms with Crippen LogP contribution in [-0.4, -0.2) is 14.1 Å². The second-order valence-electron chi connectivity index (χ2n) is 9.73. The number of aromatic nitrogens is 3. The first-order chi connectivity index (χ1) is 18.8. The molecule has 0 radical (unpaired) electrons. The zero-order valence-corrected chi connectivity index (χ0v) is 20.6. The zero-order valence-electron chi connectivity index (χ0n) is 20.6. The summed E-state index contributed by atoms with van der Waals surface area (Å²) in [6.45, 7) is 0. The molecule has 3 heteroatoms. The molecule has 5 aromatic carbocycles. The molecular weight excluding hydrogens is 462 g/mol. The van der Waals surface area contributed by atoms with Crippen LogP contribution in [0.15, 0.2) is 140 Å². The number of nitrogens with zero attached hydrogens (tertiary/aromatic N) is 3. The molecule has 0 saturated heterocycles. The third-order valence-electron chi connectivity index (χ3n) is 7.59. The Morgan fingerprint density at radius 3 is 2.16 bits per heavy atom. The van der Waals surface area contributed by atoms with Gasteiger partial charge in [0.1, 0.15) is 0 Å². The molecule has 38 heavy (non-hydrogen) atoms. The smallest absolute Gasteiger partial charge is 0.0701 e. The van der Waals surface area contributed by atoms with E-state index in [-0.39, 0.29) is 0 Å². The summed E-state index contributed by atoms with van der Waals surface area (Å²) >= 11 is 0. The minimum Gasteiger partial charge on any atom is -0.316 e. The van der Waals surface area contributed by atoms with Crippen molar-refractivity contribution in [2.75, 3.05) is 0 Å². The predicted molar refractivity (Wildman–Crippen MR) is 158 cm³/mol. The van der Waals surface area contributed by atoms with Gasteiger partial charge < -0.3 is 9.13 Å². The first kappa shape index (κ1) is 21.0. The SMILES string of the molecule is c1ccc(-n2ccc3cc4c5c6ccccc6ccc5n(-c5ccc(-c6ccccn6)cc5)c4cc32)cc1. The van der Waals surface area contributed by atoms with Crippen LogP contribution in [0.5, 0.6) is 0 Å². The topological polar surface area (TPSA) is 22.8 Å². The summed E-state index contributed by atoms with van der Waals surface area (Å²) < 4.78 is 4.68. The van der Waals surface area contributed by atoms with Crippen LogP contribution < -0.4 is 0 Å². The van der Waals surface area contributed by atoms with Crippen molar-refractivity contribution in [1.29, 1.82) is 0 Å². The highest BCUT2D eigenvalue weighted by Crippen LogP contribution is 2.39. The standard InChI is InChI=1S/C35H23N3/c1-2-9-27(10-3-1)37-21-19-26-22-30-34(23-33(26)37)38(32-18-15-24-8-4-5-11-29(24)35(30)32)28-16-13-25(14-17-28)31-12-6-7-20-36-31/h1-23H. The Labute approximate surface area is 219 Å². The van der Waals surface area contributed by atoms with Crippen LogP contribution in [-0.2, 0) is 0 Å². The number of hydrogen-bond donors (Lipinski definition) is 0. The van der Waals surface area contributed by atoms with Gasteiger partial charge in [0.15, 0.2) is 0 Å². The van der Waals surface area contributed by atoms with Crippen molar-refractivity contribution in [3.63, 3.8) is 0 Å². The molecule has 0 fully saturated rings. The summed E-state index contributed by atoms with van der Waals surface area (Å²) in [4.78, 5) is 4.53. The van der Waals surface area contributed by atoms with Gasteiger partial charge in [-0.1, -0.05) is 66.7 Å². The first-order valence-corrected chi connectivity index (χ1v) is 12.9. The van der Waals surface area contributed by atoms with E-state index in [2.05, 4.69) is 136 Å². The molecule has 8 aromatic rings. The van der Waals surface area contributed by atoms with E-state index in [0.29, 0.717) is 0 Å². The van der Waals surface area contributed by atoms with Crippen LogP contribution in [0.3, 0.4) is 0 Å². The largest absolute Gasteiger partial charge is 0.316 e. The Balaban J connectivity index is 1.45. The highest BCUT2D eigenvalue weighted by Gasteiger charge is 2.17. The number of hydrogen-bond acceptors (Lipinski definition) is 1. The molecule has 0 aliphatic heterocycles. The lowest BCUT2D eigenvalue weighted by Gasteiger charge is -2.10. The van der Waals surface area contributed by atoms with E-state index in [0.717, 1.165) is 22.6 Å². The van der Waals surface area contributed by atoms with Crippen molar-refractivity contribution in [1.82, 2.24) is 14.1 Å². The second kappa shape index (κ2) is 8.19. The molecule has 0 atom stereocenters. The van der Waals surface area contributed by atoms with Crippen molar-refractivity contribution >= 4 is 43.5 Å². The molecule has 0 unspecified atom stereocenters. The third kappa shape index (κ3) is 3.12. The maximum Gasteiger partial charge on any atom is 0.0701 e. The molecule has 0 aliphatic carbocycles. The van der Waals surface area contributed by atoms with E-state index in [1.54, 1.807) is 0 Å². The van der Waals surface area contributed by atoms with E-state index >= 15 is 0 Å². The summed E-state index contributed by atoms with van der Waals surface area (Å²) in [6, 6.07) is 45.4. The maximum atomic E-state index is 4.53. The van der Waals surface area contributed by atoms with Crippen LogP contribution in [0.4, 0.5) is 0 Å². The van der Waals surface area contributed by atoms with Crippen LogP contribution in [0.25, 0.3) is 66.1 Å². The summed E-state index contributed by atoms with van der Waals surface area (Å²) in [5.41, 5.74) is 8.00. The van der Waals surface area contributed by atoms with Crippen molar-refractivity contribution in [2.45, 2.75) is 0 Å². The summed E-state index contributed by atoms with van der Waals surface area (Å²) in [7, 11) is 0. The molecule has 8 rings (SSSR count). The van der Waals surface area contributed by atoms with Crippen LogP contribution in [0, 0.1) is 0 Å². The van der Waals surface area contributed by atoms with Crippen LogP contribution in [0.2, 0.25) is 0 Å². The average Bonchev–Trinajstić information content (AvgIpc) is 3.55. The van der Waals surface area contributed by atoms with Gasteiger partial charge in [0.2, 0.25) is 0 Å². The monoisotopic (exact) mass is 485 g/mol. The van der Waals surface area contributed by atoms with Gasteiger partial charge in [-0.2, -0.15) is 0 Å². The Kier molecular flexibility index (Phi) is 4.52. The highest BCUT2D eigenvalue weighted by molar-refractivity contribution is 6.23. The van der Waals surface area contributed by atoms with Gasteiger partial charge in [0.05, 0.1) is 22.2 Å². The van der Waals surface area contributed by atoms with Gasteiger partial charge in [0.25, 0.3) is 0 Å². The molecule has 0 N–H and O–H groups in total. The van der Waals surface area contributed by atoms with Crippen molar-refractivity contribution in [3.8, 4) is 22.6 Å². The van der Waals surface area contributed by atoms with Gasteiger partial charge in [-0.15, -0.1) is 0 Å². The number of para-hydroxylation sites is 1. The van der Waals surface area contributed by atoms with Crippen molar-refractivity contribution in [3.05, 3.63) is 140 Å². The molecule has 3 heterocycles. The quantitative estimate of drug-likeness (QED) is 0.245. The third-order valence-corrected chi connectivity index (χ3v) is 7.59. The fraction of sp³-hybridized carbons (Fsp3) is 0. The molecule has 0 aliphatic rings. The van der Waals surface area contributed by atoms with Crippen LogP contribution >= 0.6 is 0 Å². The average molecular weight is 486 g/mol. The van der Waals surface area contributed by atoms with Crippen LogP contribution in [0.1, 0.15) is 0 Å². The summed E-state index contributed by atoms with van der Waals surface area (Å²) in [5.74, 6) is 0. The van der Waals surface area contributed by atoms with E-state index in [9.17, 15) is 0 Å². The summed E-state index contributed by atoms with van der Waals surface area (Å²) in [6.07, 6.45) is 4.01. The molecule has 0 spiro atoms. The Hall–Kier alpha value is -5.15. The molecule has 178 valence electrons. The van der Waals surface area contributed by atoms with E-state index in [1.807, 2.05) is 18.3 Å². The fourth-order valence-corrected chi connectivity index (χ4v) is 5.82. The lowest BCUT2D eigenvalue weighted by atomic mass is 10.0. The van der Waals surface area contributed by atoms with Crippen molar-refractivity contribution in [2.24, 2.45) is 0 Å². The Bertz CT molecular complexity index is 2100.